The highest BCUT2D eigenvalue weighted by Crippen LogP contribution is 2.38. The molecular formula is C22H22N2O6. The highest BCUT2D eigenvalue weighted by molar-refractivity contribution is 5.87. The molecule has 0 radical (unpaired) electrons. The Bertz CT molecular complexity index is 1120. The zero-order valence-corrected chi connectivity index (χ0v) is 16.6. The molecule has 1 heterocycles. The lowest BCUT2D eigenvalue weighted by atomic mass is 10.0. The van der Waals surface area contributed by atoms with Crippen LogP contribution in [0.5, 0.6) is 23.0 Å². The van der Waals surface area contributed by atoms with Gasteiger partial charge in [-0.25, -0.2) is 0 Å². The van der Waals surface area contributed by atoms with Crippen LogP contribution in [0.1, 0.15) is 17.2 Å². The second-order valence-corrected chi connectivity index (χ2v) is 6.48. The second kappa shape index (κ2) is 9.22. The van der Waals surface area contributed by atoms with Crippen LogP contribution in [-0.4, -0.2) is 36.0 Å². The van der Waals surface area contributed by atoms with Crippen molar-refractivity contribution in [1.29, 1.82) is 0 Å². The van der Waals surface area contributed by atoms with E-state index in [4.69, 9.17) is 20.6 Å². The summed E-state index contributed by atoms with van der Waals surface area (Å²) >= 11 is 0. The average molecular weight is 410 g/mol. The van der Waals surface area contributed by atoms with Crippen molar-refractivity contribution >= 4 is 10.9 Å². The van der Waals surface area contributed by atoms with Crippen molar-refractivity contribution in [3.63, 3.8) is 0 Å². The molecule has 30 heavy (non-hydrogen) atoms. The monoisotopic (exact) mass is 410 g/mol. The highest BCUT2D eigenvalue weighted by atomic mass is 16.5. The van der Waals surface area contributed by atoms with Crippen molar-refractivity contribution in [2.24, 2.45) is 0 Å². The van der Waals surface area contributed by atoms with Gasteiger partial charge in [-0.2, -0.15) is 0 Å². The van der Waals surface area contributed by atoms with Crippen LogP contribution >= 0.6 is 0 Å². The zero-order chi connectivity index (χ0) is 21.7. The van der Waals surface area contributed by atoms with Crippen LogP contribution < -0.4 is 25.1 Å². The Morgan fingerprint density at radius 2 is 1.87 bits per heavy atom. The van der Waals surface area contributed by atoms with Gasteiger partial charge in [-0.1, -0.05) is 12.5 Å². The quantitative estimate of drug-likeness (QED) is 0.420. The molecule has 0 bridgehead atoms. The molecule has 8 nitrogen and oxygen atoms in total. The lowest BCUT2D eigenvalue weighted by Gasteiger charge is -2.16. The van der Waals surface area contributed by atoms with E-state index < -0.39 is 6.10 Å². The molecule has 8 heteroatoms. The fourth-order valence-electron chi connectivity index (χ4n) is 3.21. The van der Waals surface area contributed by atoms with E-state index in [1.165, 1.54) is 26.4 Å². The molecular weight excluding hydrogens is 388 g/mol. The van der Waals surface area contributed by atoms with Crippen LogP contribution in [-0.2, 0) is 6.54 Å². The number of aromatic hydroxyl groups is 1. The number of aliphatic hydroxyl groups is 1. The standard InChI is InChI=1S/C22H22N2O6/c1-4-30-22-18(28-2)9-13(10-19(22)29-3)11-23-12-17(26)14-5-7-16(25)21-15(14)6-8-20(27)24-21/h1,5-10,17,23,25-26H,11-12H2,2-3H3,(H,24,27). The van der Waals surface area contributed by atoms with Crippen LogP contribution in [0.4, 0.5) is 0 Å². The molecule has 0 aliphatic rings. The molecule has 0 amide bonds. The van der Waals surface area contributed by atoms with E-state index in [0.29, 0.717) is 34.7 Å². The smallest absolute Gasteiger partial charge is 0.248 e. The van der Waals surface area contributed by atoms with Gasteiger partial charge in [-0.05, 0) is 35.4 Å². The fourth-order valence-corrected chi connectivity index (χ4v) is 3.21. The van der Waals surface area contributed by atoms with Crippen molar-refractivity contribution in [2.75, 3.05) is 20.8 Å². The van der Waals surface area contributed by atoms with Crippen molar-refractivity contribution in [3.8, 4) is 35.5 Å². The van der Waals surface area contributed by atoms with E-state index in [1.807, 2.05) is 0 Å². The lowest BCUT2D eigenvalue weighted by molar-refractivity contribution is 0.176. The number of methoxy groups -OCH3 is 2. The Labute approximate surface area is 173 Å². The molecule has 0 spiro atoms. The number of rotatable bonds is 8. The van der Waals surface area contributed by atoms with E-state index in [2.05, 4.69) is 16.4 Å². The Morgan fingerprint density at radius 3 is 2.50 bits per heavy atom. The first-order valence-corrected chi connectivity index (χ1v) is 9.09. The molecule has 0 saturated carbocycles. The predicted molar refractivity (Wildman–Crippen MR) is 112 cm³/mol. The van der Waals surface area contributed by atoms with Gasteiger partial charge in [0.25, 0.3) is 0 Å². The van der Waals surface area contributed by atoms with Gasteiger partial charge in [0, 0.05) is 24.5 Å². The second-order valence-electron chi connectivity index (χ2n) is 6.48. The first-order chi connectivity index (χ1) is 14.5. The third kappa shape index (κ3) is 4.33. The number of terminal acetylenes is 1. The van der Waals surface area contributed by atoms with Crippen LogP contribution in [0.3, 0.4) is 0 Å². The minimum absolute atomic E-state index is 0.0555. The molecule has 1 aromatic heterocycles. The average Bonchev–Trinajstić information content (AvgIpc) is 2.75. The van der Waals surface area contributed by atoms with E-state index in [-0.39, 0.29) is 23.4 Å². The molecule has 1 unspecified atom stereocenters. The summed E-state index contributed by atoms with van der Waals surface area (Å²) in [7, 11) is 3.00. The van der Waals surface area contributed by atoms with Crippen molar-refractivity contribution in [3.05, 3.63) is 57.9 Å². The normalized spacial score (nSPS) is 11.7. The van der Waals surface area contributed by atoms with Gasteiger partial charge in [0.15, 0.2) is 11.5 Å². The SMILES string of the molecule is C#COc1c(OC)cc(CNCC(O)c2ccc(O)c3[nH]c(=O)ccc23)cc1OC. The van der Waals surface area contributed by atoms with Crippen molar-refractivity contribution in [2.45, 2.75) is 12.6 Å². The minimum atomic E-state index is -0.869. The third-order valence-corrected chi connectivity index (χ3v) is 4.61. The molecule has 1 atom stereocenters. The van der Waals surface area contributed by atoms with Gasteiger partial charge < -0.3 is 34.7 Å². The highest BCUT2D eigenvalue weighted by Gasteiger charge is 2.16. The van der Waals surface area contributed by atoms with E-state index in [1.54, 1.807) is 24.3 Å². The Kier molecular flexibility index (Phi) is 6.47. The number of nitrogens with one attached hydrogen (secondary N) is 2. The van der Waals surface area contributed by atoms with Crippen LogP contribution in [0.25, 0.3) is 10.9 Å². The van der Waals surface area contributed by atoms with Crippen molar-refractivity contribution in [1.82, 2.24) is 10.3 Å². The number of pyridine rings is 1. The minimum Gasteiger partial charge on any atom is -0.506 e. The summed E-state index contributed by atoms with van der Waals surface area (Å²) in [4.78, 5) is 14.1. The molecule has 0 aliphatic heterocycles. The van der Waals surface area contributed by atoms with Gasteiger partial charge in [0.1, 0.15) is 11.9 Å². The number of benzene rings is 2. The van der Waals surface area contributed by atoms with Gasteiger partial charge in [-0.15, -0.1) is 0 Å². The fraction of sp³-hybridized carbons (Fsp3) is 0.227. The van der Waals surface area contributed by atoms with Crippen LogP contribution in [0.2, 0.25) is 0 Å². The van der Waals surface area contributed by atoms with E-state index in [9.17, 15) is 15.0 Å². The lowest BCUT2D eigenvalue weighted by Crippen LogP contribution is -2.21. The number of aromatic amines is 1. The van der Waals surface area contributed by atoms with E-state index in [0.717, 1.165) is 5.56 Å². The van der Waals surface area contributed by atoms with Gasteiger partial charge in [0.05, 0.1) is 25.8 Å². The molecule has 0 saturated heterocycles. The number of H-pyrrole nitrogens is 1. The number of aromatic nitrogens is 1. The first kappa shape index (κ1) is 21.0. The molecule has 3 rings (SSSR count). The Morgan fingerprint density at radius 1 is 1.17 bits per heavy atom. The molecule has 3 aromatic rings. The number of fused-ring (bicyclic) bond motifs is 1. The summed E-state index contributed by atoms with van der Waals surface area (Å²) in [5.41, 5.74) is 1.37. The van der Waals surface area contributed by atoms with E-state index >= 15 is 0 Å². The summed E-state index contributed by atoms with van der Waals surface area (Å²) < 4.78 is 15.8. The number of ether oxygens (including phenoxy) is 3. The number of hydrogen-bond donors (Lipinski definition) is 4. The van der Waals surface area contributed by atoms with Gasteiger partial charge in [0.2, 0.25) is 11.3 Å². The third-order valence-electron chi connectivity index (χ3n) is 4.61. The number of phenolic OH excluding ortho intramolecular Hbond substituents is 1. The molecule has 0 aliphatic carbocycles. The molecule has 4 N–H and O–H groups in total. The number of phenols is 1. The maximum absolute atomic E-state index is 11.5. The van der Waals surface area contributed by atoms with Gasteiger partial charge >= 0.3 is 0 Å². The molecule has 156 valence electrons. The zero-order valence-electron chi connectivity index (χ0n) is 16.6. The molecule has 0 fully saturated rings. The summed E-state index contributed by atoms with van der Waals surface area (Å²) in [5.74, 6) is 1.12. The van der Waals surface area contributed by atoms with Gasteiger partial charge in [-0.3, -0.25) is 4.79 Å². The largest absolute Gasteiger partial charge is 0.506 e. The number of hydrogen-bond acceptors (Lipinski definition) is 7. The van der Waals surface area contributed by atoms with Crippen LogP contribution in [0, 0.1) is 12.5 Å². The summed E-state index contributed by atoms with van der Waals surface area (Å²) in [6.45, 7) is 0.638. The summed E-state index contributed by atoms with van der Waals surface area (Å²) in [6, 6.07) is 9.51. The molecule has 2 aromatic carbocycles. The number of aliphatic hydroxyl groups excluding tert-OH is 1. The topological polar surface area (TPSA) is 113 Å². The maximum atomic E-state index is 11.5. The summed E-state index contributed by atoms with van der Waals surface area (Å²) in [5, 5.41) is 24.4. The predicted octanol–water partition coefficient (Wildman–Crippen LogP) is 2.04. The van der Waals surface area contributed by atoms with Crippen LogP contribution in [0.15, 0.2) is 41.2 Å². The van der Waals surface area contributed by atoms with Crippen molar-refractivity contribution < 1.29 is 24.4 Å². The Hall–Kier alpha value is -3.67. The Balaban J connectivity index is 1.76. The maximum Gasteiger partial charge on any atom is 0.248 e. The summed E-state index contributed by atoms with van der Waals surface area (Å²) in [6.07, 6.45) is 6.45. The first-order valence-electron chi connectivity index (χ1n) is 9.09.